The first kappa shape index (κ1) is 13.4. The quantitative estimate of drug-likeness (QED) is 0.615. The van der Waals surface area contributed by atoms with Crippen LogP contribution in [-0.2, 0) is 4.79 Å². The molecule has 0 saturated carbocycles. The molecule has 0 atom stereocenters. The van der Waals surface area contributed by atoms with Crippen molar-refractivity contribution < 1.29 is 15.0 Å². The Balaban J connectivity index is 4.54. The summed E-state index contributed by atoms with van der Waals surface area (Å²) in [5.74, 6) is -0.164. The van der Waals surface area contributed by atoms with Gasteiger partial charge in [0, 0.05) is 5.41 Å². The van der Waals surface area contributed by atoms with Crippen molar-refractivity contribution in [1.82, 2.24) is 5.32 Å². The van der Waals surface area contributed by atoms with Crippen LogP contribution in [-0.4, -0.2) is 34.9 Å². The predicted octanol–water partition coefficient (Wildman–Crippen LogP) is 0.282. The van der Waals surface area contributed by atoms with E-state index in [1.54, 1.807) is 20.8 Å². The lowest BCUT2D eigenvalue weighted by molar-refractivity contribution is -0.132. The molecule has 0 saturated heterocycles. The average molecular weight is 203 g/mol. The van der Waals surface area contributed by atoms with Crippen molar-refractivity contribution in [2.45, 2.75) is 39.7 Å². The van der Waals surface area contributed by atoms with E-state index >= 15 is 0 Å². The lowest BCUT2D eigenvalue weighted by atomic mass is 9.91. The molecule has 0 rings (SSSR count). The maximum atomic E-state index is 11.6. The van der Waals surface area contributed by atoms with Gasteiger partial charge in [-0.3, -0.25) is 4.79 Å². The van der Waals surface area contributed by atoms with Crippen LogP contribution in [0.4, 0.5) is 0 Å². The molecule has 4 heteroatoms. The lowest BCUT2D eigenvalue weighted by Gasteiger charge is -2.32. The molecular weight excluding hydrogens is 182 g/mol. The minimum Gasteiger partial charge on any atom is -0.394 e. The summed E-state index contributed by atoms with van der Waals surface area (Å²) in [6, 6.07) is 0. The van der Waals surface area contributed by atoms with Gasteiger partial charge in [0.2, 0.25) is 5.91 Å². The number of carbonyl (C=O) groups is 1. The van der Waals surface area contributed by atoms with Crippen LogP contribution in [0.1, 0.15) is 34.1 Å². The summed E-state index contributed by atoms with van der Waals surface area (Å²) in [5, 5.41) is 20.9. The molecule has 0 spiro atoms. The highest BCUT2D eigenvalue weighted by molar-refractivity contribution is 5.82. The molecule has 84 valence electrons. The zero-order valence-electron chi connectivity index (χ0n) is 9.42. The Kier molecular flexibility index (Phi) is 4.55. The van der Waals surface area contributed by atoms with Crippen LogP contribution in [0.2, 0.25) is 0 Å². The first-order valence-corrected chi connectivity index (χ1v) is 4.85. The molecule has 0 aliphatic carbocycles. The molecule has 3 N–H and O–H groups in total. The molecule has 0 fully saturated rings. The van der Waals surface area contributed by atoms with Gasteiger partial charge in [0.05, 0.1) is 18.8 Å². The second-order valence-corrected chi connectivity index (χ2v) is 4.65. The largest absolute Gasteiger partial charge is 0.394 e. The van der Waals surface area contributed by atoms with Crippen LogP contribution in [0.3, 0.4) is 0 Å². The van der Waals surface area contributed by atoms with Crippen molar-refractivity contribution in [2.24, 2.45) is 5.41 Å². The molecule has 0 unspecified atom stereocenters. The summed E-state index contributed by atoms with van der Waals surface area (Å²) >= 11 is 0. The maximum absolute atomic E-state index is 11.6. The highest BCUT2D eigenvalue weighted by Crippen LogP contribution is 2.16. The third-order valence-electron chi connectivity index (χ3n) is 2.34. The van der Waals surface area contributed by atoms with Gasteiger partial charge in [-0.15, -0.1) is 0 Å². The third-order valence-corrected chi connectivity index (χ3v) is 2.34. The van der Waals surface area contributed by atoms with E-state index in [1.165, 1.54) is 0 Å². The number of nitrogens with one attached hydrogen (secondary N) is 1. The highest BCUT2D eigenvalue weighted by atomic mass is 16.3. The number of rotatable bonds is 4. The summed E-state index contributed by atoms with van der Waals surface area (Å²) in [5.41, 5.74) is -1.39. The Morgan fingerprint density at radius 1 is 1.21 bits per heavy atom. The topological polar surface area (TPSA) is 69.6 Å². The Bertz CT molecular complexity index is 184. The summed E-state index contributed by atoms with van der Waals surface area (Å²) in [7, 11) is 0. The van der Waals surface area contributed by atoms with Crippen molar-refractivity contribution in [1.29, 1.82) is 0 Å². The van der Waals surface area contributed by atoms with Gasteiger partial charge in [-0.05, 0) is 6.42 Å². The Morgan fingerprint density at radius 3 is 1.86 bits per heavy atom. The zero-order valence-corrected chi connectivity index (χ0v) is 9.42. The van der Waals surface area contributed by atoms with E-state index in [0.717, 1.165) is 0 Å². The fourth-order valence-corrected chi connectivity index (χ4v) is 0.869. The Morgan fingerprint density at radius 2 is 1.64 bits per heavy atom. The van der Waals surface area contributed by atoms with Crippen LogP contribution in [0.25, 0.3) is 0 Å². The number of hydrogen-bond donors (Lipinski definition) is 3. The van der Waals surface area contributed by atoms with E-state index in [-0.39, 0.29) is 19.1 Å². The number of hydrogen-bond acceptors (Lipinski definition) is 3. The lowest BCUT2D eigenvalue weighted by Crippen LogP contribution is -2.56. The maximum Gasteiger partial charge on any atom is 0.225 e. The van der Waals surface area contributed by atoms with Crippen molar-refractivity contribution >= 4 is 5.91 Å². The van der Waals surface area contributed by atoms with E-state index in [2.05, 4.69) is 5.32 Å². The molecule has 14 heavy (non-hydrogen) atoms. The van der Waals surface area contributed by atoms with E-state index in [4.69, 9.17) is 10.2 Å². The van der Waals surface area contributed by atoms with Gasteiger partial charge in [0.1, 0.15) is 0 Å². The summed E-state index contributed by atoms with van der Waals surface area (Å²) < 4.78 is 0. The smallest absolute Gasteiger partial charge is 0.225 e. The van der Waals surface area contributed by atoms with Crippen LogP contribution >= 0.6 is 0 Å². The fourth-order valence-electron chi connectivity index (χ4n) is 0.869. The van der Waals surface area contributed by atoms with Gasteiger partial charge in [-0.2, -0.15) is 0 Å². The van der Waals surface area contributed by atoms with Crippen molar-refractivity contribution in [3.63, 3.8) is 0 Å². The second-order valence-electron chi connectivity index (χ2n) is 4.65. The molecule has 4 nitrogen and oxygen atoms in total. The van der Waals surface area contributed by atoms with Crippen molar-refractivity contribution in [2.75, 3.05) is 13.2 Å². The Labute approximate surface area is 85.3 Å². The molecule has 0 radical (unpaired) electrons. The van der Waals surface area contributed by atoms with Gasteiger partial charge in [-0.25, -0.2) is 0 Å². The van der Waals surface area contributed by atoms with Gasteiger partial charge in [0.25, 0.3) is 0 Å². The molecule has 0 aromatic carbocycles. The van der Waals surface area contributed by atoms with Gasteiger partial charge >= 0.3 is 0 Å². The fraction of sp³-hybridized carbons (Fsp3) is 0.900. The molecule has 0 aliphatic rings. The van der Waals surface area contributed by atoms with Crippen LogP contribution in [0.15, 0.2) is 0 Å². The SMILES string of the molecule is CCC(CO)(CO)NC(=O)C(C)(C)C. The van der Waals surface area contributed by atoms with E-state index in [1.807, 2.05) is 6.92 Å². The van der Waals surface area contributed by atoms with Crippen molar-refractivity contribution in [3.8, 4) is 0 Å². The number of aliphatic hydroxyl groups excluding tert-OH is 2. The van der Waals surface area contributed by atoms with E-state index < -0.39 is 11.0 Å². The average Bonchev–Trinajstić information content (AvgIpc) is 2.12. The standard InChI is InChI=1S/C10H21NO3/c1-5-10(6-12,7-13)11-8(14)9(2,3)4/h12-13H,5-7H2,1-4H3,(H,11,14). The van der Waals surface area contributed by atoms with Gasteiger partial charge in [0.15, 0.2) is 0 Å². The summed E-state index contributed by atoms with van der Waals surface area (Å²) in [4.78, 5) is 11.6. The van der Waals surface area contributed by atoms with Crippen molar-refractivity contribution in [3.05, 3.63) is 0 Å². The zero-order chi connectivity index (χ0) is 11.4. The summed E-state index contributed by atoms with van der Waals surface area (Å²) in [6.07, 6.45) is 0.502. The molecule has 0 heterocycles. The highest BCUT2D eigenvalue weighted by Gasteiger charge is 2.32. The normalized spacial score (nSPS) is 12.7. The van der Waals surface area contributed by atoms with Gasteiger partial charge in [-0.1, -0.05) is 27.7 Å². The molecular formula is C10H21NO3. The van der Waals surface area contributed by atoms with Gasteiger partial charge < -0.3 is 15.5 Å². The van der Waals surface area contributed by atoms with E-state index in [0.29, 0.717) is 6.42 Å². The van der Waals surface area contributed by atoms with Crippen LogP contribution in [0, 0.1) is 5.41 Å². The number of aliphatic hydroxyl groups is 2. The Hall–Kier alpha value is -0.610. The summed E-state index contributed by atoms with van der Waals surface area (Å²) in [6.45, 7) is 6.69. The monoisotopic (exact) mass is 203 g/mol. The number of carbonyl (C=O) groups excluding carboxylic acids is 1. The third kappa shape index (κ3) is 3.27. The molecule has 0 aromatic heterocycles. The molecule has 0 bridgehead atoms. The second kappa shape index (κ2) is 4.75. The first-order chi connectivity index (χ1) is 6.31. The number of amides is 1. The molecule has 0 aromatic rings. The minimum absolute atomic E-state index is 0.164. The van der Waals surface area contributed by atoms with Crippen LogP contribution in [0.5, 0.6) is 0 Å². The van der Waals surface area contributed by atoms with E-state index in [9.17, 15) is 4.79 Å². The predicted molar refractivity (Wildman–Crippen MR) is 54.8 cm³/mol. The van der Waals surface area contributed by atoms with Crippen LogP contribution < -0.4 is 5.32 Å². The minimum atomic E-state index is -0.885. The first-order valence-electron chi connectivity index (χ1n) is 4.85. The molecule has 1 amide bonds. The molecule has 0 aliphatic heterocycles.